The van der Waals surface area contributed by atoms with Gasteiger partial charge in [-0.3, -0.25) is 9.59 Å². The van der Waals surface area contributed by atoms with Gasteiger partial charge >= 0.3 is 0 Å². The van der Waals surface area contributed by atoms with Crippen molar-refractivity contribution in [2.45, 2.75) is 62.3 Å². The summed E-state index contributed by atoms with van der Waals surface area (Å²) in [6.07, 6.45) is 8.69. The molecular weight excluding hydrogens is 375 g/mol. The zero-order valence-corrected chi connectivity index (χ0v) is 17.0. The van der Waals surface area contributed by atoms with Crippen molar-refractivity contribution in [1.29, 1.82) is 0 Å². The number of benzene rings is 1. The van der Waals surface area contributed by atoms with E-state index < -0.39 is 0 Å². The van der Waals surface area contributed by atoms with E-state index in [1.807, 2.05) is 7.05 Å². The Morgan fingerprint density at radius 2 is 1.96 bits per heavy atom. The van der Waals surface area contributed by atoms with Gasteiger partial charge in [0.25, 0.3) is 5.91 Å². The second-order valence-corrected chi connectivity index (χ2v) is 9.45. The van der Waals surface area contributed by atoms with Crippen LogP contribution < -0.4 is 5.32 Å². The average Bonchev–Trinajstić information content (AvgIpc) is 3.20. The monoisotopic (exact) mass is 402 g/mol. The Balaban J connectivity index is 1.44. The molecule has 6 heteroatoms. The van der Waals surface area contributed by atoms with Gasteiger partial charge in [-0.1, -0.05) is 31.0 Å². The molecule has 3 unspecified atom stereocenters. The molecule has 3 aliphatic rings. The SMILES string of the molecule is CN1C(=O)/C(=C/c2ccccc2F)SC2CCC(C(=O)NC3CCCC3)CC21. The molecular formula is C22H27FN2O2S. The van der Waals surface area contributed by atoms with Crippen molar-refractivity contribution in [3.8, 4) is 0 Å². The van der Waals surface area contributed by atoms with E-state index in [1.54, 1.807) is 40.9 Å². The summed E-state index contributed by atoms with van der Waals surface area (Å²) in [4.78, 5) is 27.9. The van der Waals surface area contributed by atoms with Crippen LogP contribution in [-0.2, 0) is 9.59 Å². The molecule has 4 rings (SSSR count). The second-order valence-electron chi connectivity index (χ2n) is 8.17. The predicted molar refractivity (Wildman–Crippen MR) is 110 cm³/mol. The van der Waals surface area contributed by atoms with E-state index in [0.29, 0.717) is 22.9 Å². The van der Waals surface area contributed by atoms with Crippen LogP contribution in [0.15, 0.2) is 29.2 Å². The topological polar surface area (TPSA) is 49.4 Å². The van der Waals surface area contributed by atoms with Crippen LogP contribution in [0.25, 0.3) is 6.08 Å². The third-order valence-electron chi connectivity index (χ3n) is 6.33. The van der Waals surface area contributed by atoms with Gasteiger partial charge in [-0.15, -0.1) is 11.8 Å². The molecule has 2 saturated carbocycles. The molecule has 0 radical (unpaired) electrons. The standard InChI is InChI=1S/C22H27FN2O2S/c1-25-18-12-15(21(26)24-16-7-3-4-8-16)10-11-19(18)28-20(22(25)27)13-14-6-2-5-9-17(14)23/h2,5-6,9,13,15-16,18-19H,3-4,7-8,10-12H2,1H3,(H,24,26)/b20-13-. The van der Waals surface area contributed by atoms with Crippen LogP contribution in [0, 0.1) is 11.7 Å². The number of carbonyl (C=O) groups excluding carboxylic acids is 2. The van der Waals surface area contributed by atoms with Crippen molar-refractivity contribution >= 4 is 29.7 Å². The molecule has 0 spiro atoms. The molecule has 1 aliphatic heterocycles. The maximum absolute atomic E-state index is 14.0. The highest BCUT2D eigenvalue weighted by atomic mass is 32.2. The lowest BCUT2D eigenvalue weighted by Gasteiger charge is -2.44. The van der Waals surface area contributed by atoms with Crippen LogP contribution >= 0.6 is 11.8 Å². The lowest BCUT2D eigenvalue weighted by atomic mass is 9.83. The molecule has 4 nitrogen and oxygen atoms in total. The number of nitrogens with zero attached hydrogens (tertiary/aromatic N) is 1. The summed E-state index contributed by atoms with van der Waals surface area (Å²) >= 11 is 1.55. The number of hydrogen-bond acceptors (Lipinski definition) is 3. The zero-order valence-electron chi connectivity index (χ0n) is 16.2. The van der Waals surface area contributed by atoms with E-state index in [1.165, 1.54) is 18.9 Å². The van der Waals surface area contributed by atoms with Crippen molar-refractivity contribution in [2.75, 3.05) is 7.05 Å². The third-order valence-corrected chi connectivity index (χ3v) is 7.72. The molecule has 3 atom stereocenters. The highest BCUT2D eigenvalue weighted by Crippen LogP contribution is 2.43. The van der Waals surface area contributed by atoms with Crippen LogP contribution in [0.1, 0.15) is 50.5 Å². The highest BCUT2D eigenvalue weighted by molar-refractivity contribution is 8.04. The minimum atomic E-state index is -0.319. The van der Waals surface area contributed by atoms with Gasteiger partial charge in [-0.05, 0) is 44.2 Å². The first-order valence-corrected chi connectivity index (χ1v) is 11.1. The molecule has 1 aromatic rings. The van der Waals surface area contributed by atoms with Crippen molar-refractivity contribution in [3.63, 3.8) is 0 Å². The van der Waals surface area contributed by atoms with Crippen molar-refractivity contribution < 1.29 is 14.0 Å². The van der Waals surface area contributed by atoms with E-state index in [0.717, 1.165) is 25.7 Å². The van der Waals surface area contributed by atoms with Crippen molar-refractivity contribution in [2.24, 2.45) is 5.92 Å². The lowest BCUT2D eigenvalue weighted by molar-refractivity contribution is -0.132. The molecule has 1 heterocycles. The van der Waals surface area contributed by atoms with Crippen LogP contribution in [-0.4, -0.2) is 41.1 Å². The Hall–Kier alpha value is -1.82. The Labute approximate surface area is 169 Å². The van der Waals surface area contributed by atoms with Crippen LogP contribution in [0.2, 0.25) is 0 Å². The van der Waals surface area contributed by atoms with Gasteiger partial charge in [0, 0.05) is 35.9 Å². The van der Waals surface area contributed by atoms with Crippen LogP contribution in [0.4, 0.5) is 4.39 Å². The van der Waals surface area contributed by atoms with E-state index in [2.05, 4.69) is 5.32 Å². The molecule has 0 aromatic heterocycles. The summed E-state index contributed by atoms with van der Waals surface area (Å²) in [5.74, 6) is -0.259. The molecule has 0 bridgehead atoms. The second kappa shape index (κ2) is 8.27. The average molecular weight is 403 g/mol. The molecule has 150 valence electrons. The first-order chi connectivity index (χ1) is 13.5. The lowest BCUT2D eigenvalue weighted by Crippen LogP contribution is -2.52. The van der Waals surface area contributed by atoms with E-state index in [-0.39, 0.29) is 34.8 Å². The molecule has 1 aromatic carbocycles. The van der Waals surface area contributed by atoms with E-state index >= 15 is 0 Å². The summed E-state index contributed by atoms with van der Waals surface area (Å²) in [6.45, 7) is 0. The smallest absolute Gasteiger partial charge is 0.260 e. The highest BCUT2D eigenvalue weighted by Gasteiger charge is 2.43. The summed E-state index contributed by atoms with van der Waals surface area (Å²) < 4.78 is 14.0. The fourth-order valence-corrected chi connectivity index (χ4v) is 6.13. The fraction of sp³-hybridized carbons (Fsp3) is 0.545. The summed E-state index contributed by atoms with van der Waals surface area (Å²) in [7, 11) is 1.81. The number of fused-ring (bicyclic) bond motifs is 1. The summed E-state index contributed by atoms with van der Waals surface area (Å²) in [5, 5.41) is 3.48. The molecule has 3 fully saturated rings. The minimum Gasteiger partial charge on any atom is -0.353 e. The molecule has 2 amide bonds. The number of likely N-dealkylation sites (N-methyl/N-ethyl adjacent to an activating group) is 1. The molecule has 28 heavy (non-hydrogen) atoms. The fourth-order valence-electron chi connectivity index (χ4n) is 4.66. The Morgan fingerprint density at radius 3 is 2.71 bits per heavy atom. The number of rotatable bonds is 3. The van der Waals surface area contributed by atoms with Gasteiger partial charge in [-0.25, -0.2) is 4.39 Å². The van der Waals surface area contributed by atoms with Gasteiger partial charge in [0.2, 0.25) is 5.91 Å². The van der Waals surface area contributed by atoms with E-state index in [9.17, 15) is 14.0 Å². The van der Waals surface area contributed by atoms with Crippen LogP contribution in [0.3, 0.4) is 0 Å². The quantitative estimate of drug-likeness (QED) is 0.779. The summed E-state index contributed by atoms with van der Waals surface area (Å²) in [6, 6.07) is 6.91. The van der Waals surface area contributed by atoms with Crippen molar-refractivity contribution in [3.05, 3.63) is 40.6 Å². The molecule has 2 aliphatic carbocycles. The normalized spacial score (nSPS) is 29.8. The van der Waals surface area contributed by atoms with Gasteiger partial charge in [0.05, 0.1) is 4.91 Å². The Bertz CT molecular complexity index is 790. The number of carbonyl (C=O) groups is 2. The van der Waals surface area contributed by atoms with Gasteiger partial charge < -0.3 is 10.2 Å². The Kier molecular flexibility index (Phi) is 5.76. The number of hydrogen-bond donors (Lipinski definition) is 1. The number of nitrogens with one attached hydrogen (secondary N) is 1. The minimum absolute atomic E-state index is 0.0187. The zero-order chi connectivity index (χ0) is 19.7. The number of halogens is 1. The van der Waals surface area contributed by atoms with Crippen molar-refractivity contribution in [1.82, 2.24) is 10.2 Å². The number of thioether (sulfide) groups is 1. The first-order valence-electron chi connectivity index (χ1n) is 10.2. The molecule has 1 saturated heterocycles. The first kappa shape index (κ1) is 19.5. The van der Waals surface area contributed by atoms with E-state index in [4.69, 9.17) is 0 Å². The predicted octanol–water partition coefficient (Wildman–Crippen LogP) is 3.97. The number of amides is 2. The van der Waals surface area contributed by atoms with Crippen LogP contribution in [0.5, 0.6) is 0 Å². The molecule has 1 N–H and O–H groups in total. The largest absolute Gasteiger partial charge is 0.353 e. The maximum atomic E-state index is 14.0. The van der Waals surface area contributed by atoms with Gasteiger partial charge in [-0.2, -0.15) is 0 Å². The third kappa shape index (κ3) is 3.97. The summed E-state index contributed by atoms with van der Waals surface area (Å²) in [5.41, 5.74) is 0.440. The van der Waals surface area contributed by atoms with Gasteiger partial charge in [0.15, 0.2) is 0 Å². The Morgan fingerprint density at radius 1 is 1.21 bits per heavy atom. The maximum Gasteiger partial charge on any atom is 0.260 e. The van der Waals surface area contributed by atoms with Gasteiger partial charge in [0.1, 0.15) is 5.82 Å².